The maximum absolute atomic E-state index is 8.92. The van der Waals surface area contributed by atoms with Gasteiger partial charge in [0.05, 0.1) is 12.5 Å². The second kappa shape index (κ2) is 6.07. The Kier molecular flexibility index (Phi) is 3.80. The summed E-state index contributed by atoms with van der Waals surface area (Å²) in [4.78, 5) is 0. The van der Waals surface area contributed by atoms with Gasteiger partial charge in [-0.25, -0.2) is 0 Å². The zero-order chi connectivity index (χ0) is 14.5. The number of nitrogens with zero attached hydrogens (tertiary/aromatic N) is 1. The molecule has 0 aromatic heterocycles. The van der Waals surface area contributed by atoms with E-state index in [0.717, 1.165) is 5.56 Å². The standard InChI is InChI=1S/C20H15N/c21-14-13-16-11-12-19(17-7-3-1-4-8-17)20(15-16)18-9-5-2-6-10-18/h1-12,15H,13H2. The number of hydrogen-bond acceptors (Lipinski definition) is 1. The summed E-state index contributed by atoms with van der Waals surface area (Å²) in [5, 5.41) is 8.92. The number of benzene rings is 3. The molecule has 0 amide bonds. The fraction of sp³-hybridized carbons (Fsp3) is 0.0500. The van der Waals surface area contributed by atoms with Crippen LogP contribution in [0.1, 0.15) is 5.56 Å². The van der Waals surface area contributed by atoms with Gasteiger partial charge >= 0.3 is 0 Å². The monoisotopic (exact) mass is 269 g/mol. The molecule has 0 N–H and O–H groups in total. The smallest absolute Gasteiger partial charge is 0.0669 e. The van der Waals surface area contributed by atoms with Crippen molar-refractivity contribution < 1.29 is 0 Å². The van der Waals surface area contributed by atoms with Crippen molar-refractivity contribution in [1.82, 2.24) is 0 Å². The molecule has 0 aliphatic rings. The topological polar surface area (TPSA) is 23.8 Å². The molecule has 0 saturated carbocycles. The van der Waals surface area contributed by atoms with E-state index >= 15 is 0 Å². The highest BCUT2D eigenvalue weighted by Crippen LogP contribution is 2.32. The molecule has 0 bridgehead atoms. The first-order valence-corrected chi connectivity index (χ1v) is 6.99. The van der Waals surface area contributed by atoms with Crippen LogP contribution in [0.4, 0.5) is 0 Å². The molecule has 0 atom stereocenters. The molecule has 1 heteroatoms. The third-order valence-corrected chi connectivity index (χ3v) is 3.54. The van der Waals surface area contributed by atoms with Gasteiger partial charge in [0.15, 0.2) is 0 Å². The molecule has 0 fully saturated rings. The zero-order valence-electron chi connectivity index (χ0n) is 11.7. The summed E-state index contributed by atoms with van der Waals surface area (Å²) in [5.41, 5.74) is 5.80. The molecule has 0 spiro atoms. The van der Waals surface area contributed by atoms with Crippen molar-refractivity contribution in [1.29, 1.82) is 5.26 Å². The molecule has 0 saturated heterocycles. The minimum atomic E-state index is 0.439. The van der Waals surface area contributed by atoms with E-state index in [0.29, 0.717) is 6.42 Å². The van der Waals surface area contributed by atoms with Crippen LogP contribution in [0.15, 0.2) is 78.9 Å². The molecule has 1 nitrogen and oxygen atoms in total. The Hall–Kier alpha value is -2.85. The molecule has 3 aromatic rings. The van der Waals surface area contributed by atoms with Crippen LogP contribution in [-0.4, -0.2) is 0 Å². The molecule has 100 valence electrons. The molecular formula is C20H15N. The van der Waals surface area contributed by atoms with E-state index in [9.17, 15) is 0 Å². The zero-order valence-corrected chi connectivity index (χ0v) is 11.7. The van der Waals surface area contributed by atoms with Gasteiger partial charge in [-0.1, -0.05) is 72.8 Å². The molecular weight excluding hydrogens is 254 g/mol. The predicted octanol–water partition coefficient (Wildman–Crippen LogP) is 5.09. The first-order valence-electron chi connectivity index (χ1n) is 6.99. The summed E-state index contributed by atoms with van der Waals surface area (Å²) in [6, 6.07) is 29.2. The van der Waals surface area contributed by atoms with Crippen molar-refractivity contribution in [3.63, 3.8) is 0 Å². The SMILES string of the molecule is N#CCc1ccc(-c2ccccc2)c(-c2ccccc2)c1. The lowest BCUT2D eigenvalue weighted by Crippen LogP contribution is -1.89. The number of nitriles is 1. The Morgan fingerprint density at radius 2 is 1.24 bits per heavy atom. The number of hydrogen-bond donors (Lipinski definition) is 0. The maximum atomic E-state index is 8.92. The van der Waals surface area contributed by atoms with Crippen LogP contribution in [0, 0.1) is 11.3 Å². The quantitative estimate of drug-likeness (QED) is 0.650. The van der Waals surface area contributed by atoms with Crippen LogP contribution in [0.5, 0.6) is 0 Å². The maximum Gasteiger partial charge on any atom is 0.0669 e. The highest BCUT2D eigenvalue weighted by molar-refractivity contribution is 5.83. The molecule has 0 aliphatic carbocycles. The van der Waals surface area contributed by atoms with E-state index < -0.39 is 0 Å². The Morgan fingerprint density at radius 1 is 0.667 bits per heavy atom. The second-order valence-corrected chi connectivity index (χ2v) is 4.95. The summed E-state index contributed by atoms with van der Waals surface area (Å²) in [6.07, 6.45) is 0.439. The largest absolute Gasteiger partial charge is 0.198 e. The summed E-state index contributed by atoms with van der Waals surface area (Å²) in [6.45, 7) is 0. The predicted molar refractivity (Wildman–Crippen MR) is 86.6 cm³/mol. The second-order valence-electron chi connectivity index (χ2n) is 4.95. The lowest BCUT2D eigenvalue weighted by Gasteiger charge is -2.12. The third-order valence-electron chi connectivity index (χ3n) is 3.54. The molecule has 21 heavy (non-hydrogen) atoms. The molecule has 0 heterocycles. The van der Waals surface area contributed by atoms with E-state index in [1.54, 1.807) is 0 Å². The normalized spacial score (nSPS) is 10.0. The third kappa shape index (κ3) is 2.85. The van der Waals surface area contributed by atoms with Gasteiger partial charge in [0, 0.05) is 0 Å². The highest BCUT2D eigenvalue weighted by Gasteiger charge is 2.08. The Balaban J connectivity index is 2.18. The van der Waals surface area contributed by atoms with Gasteiger partial charge in [0.25, 0.3) is 0 Å². The van der Waals surface area contributed by atoms with Gasteiger partial charge in [-0.2, -0.15) is 5.26 Å². The van der Waals surface area contributed by atoms with Gasteiger partial charge in [0.2, 0.25) is 0 Å². The Bertz CT molecular complexity index is 768. The lowest BCUT2D eigenvalue weighted by atomic mass is 9.92. The van der Waals surface area contributed by atoms with Crippen molar-refractivity contribution in [2.75, 3.05) is 0 Å². The minimum Gasteiger partial charge on any atom is -0.198 e. The molecule has 3 rings (SSSR count). The molecule has 0 radical (unpaired) electrons. The van der Waals surface area contributed by atoms with E-state index in [4.69, 9.17) is 5.26 Å². The van der Waals surface area contributed by atoms with Crippen LogP contribution in [0.25, 0.3) is 22.3 Å². The van der Waals surface area contributed by atoms with Crippen LogP contribution in [0.2, 0.25) is 0 Å². The summed E-state index contributed by atoms with van der Waals surface area (Å²) < 4.78 is 0. The van der Waals surface area contributed by atoms with Crippen molar-refractivity contribution in [3.05, 3.63) is 84.4 Å². The van der Waals surface area contributed by atoms with Crippen LogP contribution in [-0.2, 0) is 6.42 Å². The summed E-state index contributed by atoms with van der Waals surface area (Å²) >= 11 is 0. The van der Waals surface area contributed by atoms with Crippen LogP contribution in [0.3, 0.4) is 0 Å². The van der Waals surface area contributed by atoms with Gasteiger partial charge in [-0.3, -0.25) is 0 Å². The van der Waals surface area contributed by atoms with E-state index in [-0.39, 0.29) is 0 Å². The highest BCUT2D eigenvalue weighted by atomic mass is 14.2. The van der Waals surface area contributed by atoms with Gasteiger partial charge in [-0.15, -0.1) is 0 Å². The van der Waals surface area contributed by atoms with Gasteiger partial charge in [0.1, 0.15) is 0 Å². The van der Waals surface area contributed by atoms with Gasteiger partial charge < -0.3 is 0 Å². The van der Waals surface area contributed by atoms with Crippen molar-refractivity contribution in [3.8, 4) is 28.3 Å². The molecule has 0 aliphatic heterocycles. The van der Waals surface area contributed by atoms with Crippen molar-refractivity contribution in [2.45, 2.75) is 6.42 Å². The molecule has 0 unspecified atom stereocenters. The van der Waals surface area contributed by atoms with E-state index in [1.165, 1.54) is 22.3 Å². The first-order chi connectivity index (χ1) is 10.4. The number of rotatable bonds is 3. The van der Waals surface area contributed by atoms with E-state index in [1.807, 2.05) is 42.5 Å². The Morgan fingerprint density at radius 3 is 1.81 bits per heavy atom. The van der Waals surface area contributed by atoms with Crippen molar-refractivity contribution in [2.24, 2.45) is 0 Å². The summed E-state index contributed by atoms with van der Waals surface area (Å²) in [7, 11) is 0. The van der Waals surface area contributed by atoms with Crippen LogP contribution < -0.4 is 0 Å². The fourth-order valence-corrected chi connectivity index (χ4v) is 2.52. The average Bonchev–Trinajstić information content (AvgIpc) is 2.57. The Labute approximate surface area is 125 Å². The van der Waals surface area contributed by atoms with Gasteiger partial charge in [-0.05, 0) is 33.9 Å². The van der Waals surface area contributed by atoms with Crippen LogP contribution >= 0.6 is 0 Å². The van der Waals surface area contributed by atoms with E-state index in [2.05, 4.69) is 42.5 Å². The lowest BCUT2D eigenvalue weighted by molar-refractivity contribution is 1.26. The first kappa shape index (κ1) is 13.1. The minimum absolute atomic E-state index is 0.439. The summed E-state index contributed by atoms with van der Waals surface area (Å²) in [5.74, 6) is 0. The van der Waals surface area contributed by atoms with Crippen molar-refractivity contribution >= 4 is 0 Å². The fourth-order valence-electron chi connectivity index (χ4n) is 2.52. The average molecular weight is 269 g/mol. The molecule has 3 aromatic carbocycles.